The van der Waals surface area contributed by atoms with Gasteiger partial charge >= 0.3 is 30.5 Å². The molecule has 4 bridgehead atoms. The van der Waals surface area contributed by atoms with Gasteiger partial charge in [0.1, 0.15) is 12.2 Å². The molecule has 5 fully saturated rings. The third kappa shape index (κ3) is 36.1. The minimum atomic E-state index is -5.69. The van der Waals surface area contributed by atoms with Gasteiger partial charge in [-0.1, -0.05) is 330 Å². The van der Waals surface area contributed by atoms with Crippen LogP contribution in [-0.4, -0.2) is 63.4 Å². The van der Waals surface area contributed by atoms with Crippen molar-refractivity contribution in [2.24, 2.45) is 87.3 Å². The van der Waals surface area contributed by atoms with Crippen LogP contribution in [0.2, 0.25) is 39.3 Å². The average Bonchev–Trinajstić information content (AvgIpc) is 1.64. The Morgan fingerprint density at radius 1 is 0.417 bits per heavy atom. The fraction of sp³-hybridized carbons (Fsp3) is 0.766. The zero-order valence-corrected chi connectivity index (χ0v) is 90.2. The van der Waals surface area contributed by atoms with Crippen molar-refractivity contribution >= 4 is 38.5 Å². The minimum Gasteiger partial charge on any atom is -0.462 e. The highest BCUT2D eigenvalue weighted by atomic mass is 28.3. The largest absolute Gasteiger partial charge is 0.462 e. The second kappa shape index (κ2) is 48.2. The second-order valence-corrected chi connectivity index (χ2v) is 58.1. The number of benzene rings is 4. The molecule has 13 unspecified atom stereocenters. The van der Waals surface area contributed by atoms with Crippen LogP contribution in [0, 0.1) is 94.2 Å². The number of rotatable bonds is 20. The van der Waals surface area contributed by atoms with Crippen LogP contribution in [-0.2, 0) is 41.5 Å². The first-order chi connectivity index (χ1) is 57.4. The van der Waals surface area contributed by atoms with Crippen LogP contribution >= 0.6 is 0 Å². The molecule has 0 amide bonds. The molecule has 5 aliphatic rings. The summed E-state index contributed by atoms with van der Waals surface area (Å²) in [6, 6.07) is 28.0. The van der Waals surface area contributed by atoms with Crippen molar-refractivity contribution in [2.45, 2.75) is 461 Å². The van der Waals surface area contributed by atoms with E-state index in [1.165, 1.54) is 84.9 Å². The Hall–Kier alpha value is -4.42. The van der Waals surface area contributed by atoms with Crippen molar-refractivity contribution in [1.82, 2.24) is 0 Å². The molecule has 0 saturated heterocycles. The van der Waals surface area contributed by atoms with Gasteiger partial charge in [0, 0.05) is 0 Å². The number of alkyl halides is 9. The lowest BCUT2D eigenvalue weighted by Crippen LogP contribution is -2.58. The van der Waals surface area contributed by atoms with E-state index in [4.69, 9.17) is 9.47 Å². The van der Waals surface area contributed by atoms with Crippen LogP contribution in [0.15, 0.2) is 78.9 Å². The zero-order valence-electron chi connectivity index (χ0n) is 88.2. The summed E-state index contributed by atoms with van der Waals surface area (Å²) in [6.45, 7) is 90.6. The van der Waals surface area contributed by atoms with Crippen LogP contribution in [0.1, 0.15) is 412 Å². The summed E-state index contributed by atoms with van der Waals surface area (Å²) in [5.41, 5.74) is 5.59. The molecule has 5 aliphatic carbocycles. The molecule has 4 aromatic carbocycles. The number of halogens is 9. The first kappa shape index (κ1) is 119. The minimum absolute atomic E-state index is 0.0239. The Labute approximate surface area is 774 Å². The Morgan fingerprint density at radius 2 is 0.780 bits per heavy atom. The molecular formula is C111H187F9O5Si2. The predicted octanol–water partition coefficient (Wildman–Crippen LogP) is 34.2. The SMILES string of the molecule is CC1C2CC(CC(O)(C(F)(F)F)C(F)(F)F)C(C2)C1C.CC1C2CCC(C2)C1C.CCC(C)(C)C(=O)OC(C(C)C)C(C)C.CCC(C)(C)C(=O)OC1CCC(C(C)(C)C)CC1.CCC(C)c1cc(C(C)(C)C)cc(C(C)(C)C)c1.CCC(C)c1cc(C)cc(C(F)(F)F)c1.CCC(C)c1cc([Si](C)(C)C)cc([Si](C)(C)C)c1.CCC(C)c1ccc(C(C)(C)C)cc1. The standard InChI is InChI=1S/C18H30.C16H30O2.C16H30Si2.C14H22.C13H18F6O.C13H26O2.C12H15F3.C9H16/c1-9-13(2)14-10-15(17(3,4)5)12-16(11-14)18(6,7)8;1-7-16(5,6)14(17)18-13-10-8-12(9-11-13)15(2,3)4;1-9-13(2)14-10-15(17(3,4)5)12-16(11-14)18(6,7)8;1-6-11(2)12-7-9-13(10-8-12)14(3,4)5;1-6-7(2)10-4-8(6)3-9(10)5-11(20,12(14,15)16)13(17,18)19;1-8-13(6,7)12(14)15-11(9(2)3)10(4)5;1-4-9(3)10-5-8(2)6-11(7-10)12(13,14)15;1-6-7(2)9-4-3-8(6)5-9/h10-13H,9H2,1-8H3;12-13H,7-11H2,1-6H3;10-13H,9H2,1-8H3;7-11H,6H2,1-5H3;6-10,20H,3-5H2,1-2H3;9-11H,8H2,1-7H3;5-7,9H,4H2,1-3H3;6-9H,3-5H2,1-2H3. The van der Waals surface area contributed by atoms with Crippen LogP contribution in [0.25, 0.3) is 0 Å². The topological polar surface area (TPSA) is 72.8 Å². The van der Waals surface area contributed by atoms with Crippen LogP contribution in [0.4, 0.5) is 39.5 Å². The van der Waals surface area contributed by atoms with Gasteiger partial charge in [0.25, 0.3) is 5.60 Å². The number of hydrogen-bond donors (Lipinski definition) is 1. The van der Waals surface area contributed by atoms with Gasteiger partial charge in [-0.05, 0) is 305 Å². The van der Waals surface area contributed by atoms with Gasteiger partial charge in [-0.2, -0.15) is 39.5 Å². The van der Waals surface area contributed by atoms with E-state index in [1.807, 2.05) is 75.3 Å². The number of carbonyl (C=O) groups excluding carboxylic acids is 2. The fourth-order valence-corrected chi connectivity index (χ4v) is 20.6. The number of aliphatic hydroxyl groups is 1. The smallest absolute Gasteiger partial charge is 0.426 e. The Bertz CT molecular complexity index is 3720. The quantitative estimate of drug-likeness (QED) is 0.0542. The summed E-state index contributed by atoms with van der Waals surface area (Å²) in [7, 11) is -2.42. The summed E-state index contributed by atoms with van der Waals surface area (Å²) in [4.78, 5) is 23.9. The van der Waals surface area contributed by atoms with Crippen LogP contribution < -0.4 is 10.4 Å². The third-order valence-corrected chi connectivity index (χ3v) is 34.3. The maximum absolute atomic E-state index is 12.7. The van der Waals surface area contributed by atoms with Crippen molar-refractivity contribution < 1.29 is 63.7 Å². The normalized spacial score (nSPS) is 22.6. The highest BCUT2D eigenvalue weighted by molar-refractivity contribution is 6.91. The molecule has 0 aliphatic heterocycles. The van der Waals surface area contributed by atoms with E-state index in [-0.39, 0.29) is 74.9 Å². The molecule has 5 saturated carbocycles. The van der Waals surface area contributed by atoms with Crippen molar-refractivity contribution in [3.05, 3.63) is 129 Å². The van der Waals surface area contributed by atoms with Gasteiger partial charge in [0.15, 0.2) is 0 Å². The van der Waals surface area contributed by atoms with E-state index in [2.05, 4.69) is 266 Å². The molecule has 4 aromatic rings. The number of carbonyl (C=O) groups is 2. The molecular weight excluding hydrogens is 1640 g/mol. The fourth-order valence-electron chi connectivity index (χ4n) is 18.1. The van der Waals surface area contributed by atoms with E-state index < -0.39 is 58.2 Å². The van der Waals surface area contributed by atoms with Gasteiger partial charge in [-0.15, -0.1) is 0 Å². The maximum atomic E-state index is 12.7. The molecule has 0 radical (unpaired) electrons. The molecule has 9 rings (SSSR count). The van der Waals surface area contributed by atoms with E-state index in [0.717, 1.165) is 67.3 Å². The van der Waals surface area contributed by atoms with Crippen molar-refractivity contribution in [1.29, 1.82) is 0 Å². The Morgan fingerprint density at radius 3 is 1.09 bits per heavy atom. The summed E-state index contributed by atoms with van der Waals surface area (Å²) >= 11 is 0. The lowest BCUT2D eigenvalue weighted by atomic mass is 9.72. The van der Waals surface area contributed by atoms with Gasteiger partial charge in [0.2, 0.25) is 0 Å². The highest BCUT2D eigenvalue weighted by Crippen LogP contribution is 2.60. The lowest BCUT2D eigenvalue weighted by Gasteiger charge is -2.39. The summed E-state index contributed by atoms with van der Waals surface area (Å²) in [5, 5.41) is 12.5. The molecule has 1 N–H and O–H groups in total. The van der Waals surface area contributed by atoms with Crippen molar-refractivity contribution in [3.8, 4) is 0 Å². The molecule has 127 heavy (non-hydrogen) atoms. The molecule has 732 valence electrons. The van der Waals surface area contributed by atoms with E-state index in [1.54, 1.807) is 29.3 Å². The third-order valence-electron chi connectivity index (χ3n) is 30.3. The van der Waals surface area contributed by atoms with Crippen LogP contribution in [0.3, 0.4) is 0 Å². The predicted molar refractivity (Wildman–Crippen MR) is 530 cm³/mol. The molecule has 16 heteroatoms. The number of fused-ring (bicyclic) bond motifs is 4. The number of esters is 2. The van der Waals surface area contributed by atoms with E-state index in [0.29, 0.717) is 59.3 Å². The van der Waals surface area contributed by atoms with Gasteiger partial charge < -0.3 is 14.6 Å². The molecule has 0 spiro atoms. The highest BCUT2D eigenvalue weighted by Gasteiger charge is 2.71. The van der Waals surface area contributed by atoms with Crippen molar-refractivity contribution in [3.63, 3.8) is 0 Å². The van der Waals surface area contributed by atoms with Gasteiger partial charge in [-0.25, -0.2) is 0 Å². The van der Waals surface area contributed by atoms with Crippen molar-refractivity contribution in [2.75, 3.05) is 0 Å². The Kier molecular flexibility index (Phi) is 45.0. The Balaban J connectivity index is 0.000000495. The zero-order chi connectivity index (χ0) is 98.8. The van der Waals surface area contributed by atoms with Gasteiger partial charge in [-0.3, -0.25) is 9.59 Å². The monoisotopic (exact) mass is 1830 g/mol. The number of aryl methyl sites for hydroxylation is 1. The molecule has 5 nitrogen and oxygen atoms in total. The summed E-state index contributed by atoms with van der Waals surface area (Å²) in [5.74, 6) is 7.72. The first-order valence-electron chi connectivity index (χ1n) is 49.3. The van der Waals surface area contributed by atoms with Gasteiger partial charge in [0.05, 0.1) is 32.5 Å². The number of ether oxygens (including phenoxy) is 2. The molecule has 0 heterocycles. The summed E-state index contributed by atoms with van der Waals surface area (Å²) in [6.07, 6.45) is -0.437. The first-order valence-corrected chi connectivity index (χ1v) is 56.3. The maximum Gasteiger partial charge on any atom is 0.426 e. The van der Waals surface area contributed by atoms with Crippen LogP contribution in [0.5, 0.6) is 0 Å². The summed E-state index contributed by atoms with van der Waals surface area (Å²) < 4.78 is 125. The van der Waals surface area contributed by atoms with E-state index >= 15 is 0 Å². The second-order valence-electron chi connectivity index (χ2n) is 48.0. The lowest BCUT2D eigenvalue weighted by molar-refractivity contribution is -0.373. The molecule has 0 aromatic heterocycles. The molecule has 13 atom stereocenters. The average molecular weight is 1830 g/mol. The number of hydrogen-bond acceptors (Lipinski definition) is 5. The van der Waals surface area contributed by atoms with E-state index in [9.17, 15) is 54.2 Å².